The van der Waals surface area contributed by atoms with Crippen LogP contribution in [0, 0.1) is 3.57 Å². The first-order valence-corrected chi connectivity index (χ1v) is 6.58. The van der Waals surface area contributed by atoms with Gasteiger partial charge in [0.25, 0.3) is 0 Å². The Morgan fingerprint density at radius 1 is 1.40 bits per heavy atom. The lowest BCUT2D eigenvalue weighted by Gasteiger charge is -2.10. The molecule has 0 unspecified atom stereocenters. The Bertz CT molecular complexity index is 361. The van der Waals surface area contributed by atoms with Crippen LogP contribution in [0.2, 0.25) is 0 Å². The van der Waals surface area contributed by atoms with Crippen LogP contribution in [0.15, 0.2) is 0 Å². The summed E-state index contributed by atoms with van der Waals surface area (Å²) in [6.45, 7) is 2.16. The van der Waals surface area contributed by atoms with Gasteiger partial charge in [0.1, 0.15) is 11.6 Å². The van der Waals surface area contributed by atoms with Crippen molar-refractivity contribution in [3.8, 4) is 0 Å². The molecule has 1 saturated carbocycles. The number of hydrogen-bond donors (Lipinski definition) is 1. The predicted molar refractivity (Wildman–Crippen MR) is 70.3 cm³/mol. The second-order valence-electron chi connectivity index (χ2n) is 3.96. The summed E-state index contributed by atoms with van der Waals surface area (Å²) in [4.78, 5) is 9.20. The summed E-state index contributed by atoms with van der Waals surface area (Å²) in [5.74, 6) is 2.68. The second kappa shape index (κ2) is 4.63. The zero-order valence-electron chi connectivity index (χ0n) is 9.18. The van der Waals surface area contributed by atoms with Crippen molar-refractivity contribution < 1.29 is 0 Å². The molecule has 1 aliphatic carbocycles. The number of anilines is 1. The lowest BCUT2D eigenvalue weighted by molar-refractivity contribution is 0.808. The highest BCUT2D eigenvalue weighted by Crippen LogP contribution is 2.42. The summed E-state index contributed by atoms with van der Waals surface area (Å²) in [6, 6.07) is 0. The van der Waals surface area contributed by atoms with Crippen LogP contribution in [0.5, 0.6) is 0 Å². The molecule has 1 N–H and O–H groups in total. The van der Waals surface area contributed by atoms with Gasteiger partial charge in [0.05, 0.1) is 9.26 Å². The Balaban J connectivity index is 2.38. The molecule has 0 amide bonds. The van der Waals surface area contributed by atoms with E-state index in [4.69, 9.17) is 0 Å². The molecule has 1 fully saturated rings. The maximum atomic E-state index is 4.67. The smallest absolute Gasteiger partial charge is 0.143 e. The van der Waals surface area contributed by atoms with Crippen LogP contribution < -0.4 is 5.32 Å². The van der Waals surface area contributed by atoms with Crippen molar-refractivity contribution in [1.82, 2.24) is 9.97 Å². The molecule has 4 heteroatoms. The van der Waals surface area contributed by atoms with Gasteiger partial charge in [0.15, 0.2) is 0 Å². The summed E-state index contributed by atoms with van der Waals surface area (Å²) in [5.41, 5.74) is 1.26. The van der Waals surface area contributed by atoms with Crippen molar-refractivity contribution >= 4 is 28.4 Å². The molecule has 0 spiro atoms. The van der Waals surface area contributed by atoms with Gasteiger partial charge in [-0.25, -0.2) is 9.97 Å². The van der Waals surface area contributed by atoms with E-state index in [0.29, 0.717) is 5.92 Å². The molecule has 0 radical (unpaired) electrons. The van der Waals surface area contributed by atoms with E-state index >= 15 is 0 Å². The number of hydrogen-bond acceptors (Lipinski definition) is 3. The van der Waals surface area contributed by atoms with E-state index in [1.807, 2.05) is 7.05 Å². The molecule has 0 atom stereocenters. The molecule has 1 aromatic rings. The molecular weight excluding hydrogens is 301 g/mol. The molecule has 0 aliphatic heterocycles. The van der Waals surface area contributed by atoms with Gasteiger partial charge in [0, 0.05) is 19.4 Å². The van der Waals surface area contributed by atoms with Crippen LogP contribution >= 0.6 is 22.6 Å². The lowest BCUT2D eigenvalue weighted by atomic mass is 10.2. The highest BCUT2D eigenvalue weighted by Gasteiger charge is 2.29. The van der Waals surface area contributed by atoms with E-state index in [-0.39, 0.29) is 0 Å². The number of aryl methyl sites for hydroxylation is 1. The topological polar surface area (TPSA) is 37.8 Å². The van der Waals surface area contributed by atoms with Gasteiger partial charge >= 0.3 is 0 Å². The van der Waals surface area contributed by atoms with E-state index in [1.165, 1.54) is 22.1 Å². The van der Waals surface area contributed by atoms with Gasteiger partial charge in [0.2, 0.25) is 0 Å². The van der Waals surface area contributed by atoms with Crippen molar-refractivity contribution in [3.63, 3.8) is 0 Å². The fourth-order valence-corrected chi connectivity index (χ4v) is 2.59. The average molecular weight is 317 g/mol. The largest absolute Gasteiger partial charge is 0.372 e. The van der Waals surface area contributed by atoms with Gasteiger partial charge in [-0.15, -0.1) is 0 Å². The molecule has 0 bridgehead atoms. The first kappa shape index (κ1) is 11.1. The zero-order chi connectivity index (χ0) is 10.8. The highest BCUT2D eigenvalue weighted by atomic mass is 127. The van der Waals surface area contributed by atoms with Crippen LogP contribution in [0.1, 0.15) is 43.6 Å². The number of rotatable bonds is 4. The summed E-state index contributed by atoms with van der Waals surface area (Å²) < 4.78 is 1.21. The highest BCUT2D eigenvalue weighted by molar-refractivity contribution is 14.1. The molecule has 0 saturated heterocycles. The predicted octanol–water partition coefficient (Wildman–Crippen LogP) is 2.95. The molecule has 1 heterocycles. The standard InChI is InChI=1S/C11H16IN3/c1-3-4-8-14-10(7-5-6-7)9(12)11(13-2)15-8/h7H,3-6H2,1-2H3,(H,13,14,15). The summed E-state index contributed by atoms with van der Waals surface area (Å²) in [6.07, 6.45) is 4.67. The van der Waals surface area contributed by atoms with Crippen molar-refractivity contribution in [1.29, 1.82) is 0 Å². The normalized spacial score (nSPS) is 15.4. The lowest BCUT2D eigenvalue weighted by Crippen LogP contribution is -2.06. The van der Waals surface area contributed by atoms with Crippen LogP contribution in [-0.4, -0.2) is 17.0 Å². The average Bonchev–Trinajstić information content (AvgIpc) is 3.04. The third kappa shape index (κ3) is 2.41. The SMILES string of the molecule is CCCc1nc(NC)c(I)c(C2CC2)n1. The van der Waals surface area contributed by atoms with Crippen LogP contribution in [0.25, 0.3) is 0 Å². The quantitative estimate of drug-likeness (QED) is 0.868. The zero-order valence-corrected chi connectivity index (χ0v) is 11.3. The van der Waals surface area contributed by atoms with Crippen molar-refractivity contribution in [2.45, 2.75) is 38.5 Å². The maximum Gasteiger partial charge on any atom is 0.143 e. The summed E-state index contributed by atoms with van der Waals surface area (Å²) in [7, 11) is 1.93. The molecule has 1 aliphatic rings. The van der Waals surface area contributed by atoms with E-state index < -0.39 is 0 Å². The molecule has 2 rings (SSSR count). The Morgan fingerprint density at radius 3 is 2.67 bits per heavy atom. The molecule has 3 nitrogen and oxygen atoms in total. The minimum atomic E-state index is 0.697. The Labute approximate surface area is 104 Å². The van der Waals surface area contributed by atoms with Gasteiger partial charge in [-0.2, -0.15) is 0 Å². The van der Waals surface area contributed by atoms with Crippen molar-refractivity contribution in [2.75, 3.05) is 12.4 Å². The minimum absolute atomic E-state index is 0.697. The van der Waals surface area contributed by atoms with E-state index in [2.05, 4.69) is 44.8 Å². The Morgan fingerprint density at radius 2 is 2.13 bits per heavy atom. The van der Waals surface area contributed by atoms with Crippen LogP contribution in [0.3, 0.4) is 0 Å². The third-order valence-electron chi connectivity index (χ3n) is 2.60. The third-order valence-corrected chi connectivity index (χ3v) is 3.66. The van der Waals surface area contributed by atoms with Crippen LogP contribution in [0.4, 0.5) is 5.82 Å². The van der Waals surface area contributed by atoms with Crippen molar-refractivity contribution in [2.24, 2.45) is 0 Å². The fourth-order valence-electron chi connectivity index (χ4n) is 1.64. The summed E-state index contributed by atoms with van der Waals surface area (Å²) >= 11 is 2.35. The molecular formula is C11H16IN3. The van der Waals surface area contributed by atoms with Gasteiger partial charge < -0.3 is 5.32 Å². The van der Waals surface area contributed by atoms with Crippen molar-refractivity contribution in [3.05, 3.63) is 15.1 Å². The van der Waals surface area contributed by atoms with Gasteiger partial charge in [-0.3, -0.25) is 0 Å². The number of halogens is 1. The number of aromatic nitrogens is 2. The molecule has 1 aromatic heterocycles. The first-order chi connectivity index (χ1) is 7.26. The van der Waals surface area contributed by atoms with E-state index in [1.54, 1.807) is 0 Å². The maximum absolute atomic E-state index is 4.67. The second-order valence-corrected chi connectivity index (χ2v) is 5.04. The Hall–Kier alpha value is -0.390. The van der Waals surface area contributed by atoms with E-state index in [0.717, 1.165) is 24.5 Å². The fraction of sp³-hybridized carbons (Fsp3) is 0.636. The summed E-state index contributed by atoms with van der Waals surface area (Å²) in [5, 5.41) is 3.16. The molecule has 15 heavy (non-hydrogen) atoms. The van der Waals surface area contributed by atoms with Gasteiger partial charge in [-0.05, 0) is 41.9 Å². The van der Waals surface area contributed by atoms with Gasteiger partial charge in [-0.1, -0.05) is 6.92 Å². The molecule has 0 aromatic carbocycles. The monoisotopic (exact) mass is 317 g/mol. The van der Waals surface area contributed by atoms with Crippen LogP contribution in [-0.2, 0) is 6.42 Å². The minimum Gasteiger partial charge on any atom is -0.372 e. The first-order valence-electron chi connectivity index (χ1n) is 5.50. The molecule has 82 valence electrons. The number of nitrogens with zero attached hydrogens (tertiary/aromatic N) is 2. The van der Waals surface area contributed by atoms with E-state index in [9.17, 15) is 0 Å². The number of nitrogens with one attached hydrogen (secondary N) is 1. The Kier molecular flexibility index (Phi) is 3.43.